The number of carbonyl (C=O) groups excluding carboxylic acids is 1. The lowest BCUT2D eigenvalue weighted by Gasteiger charge is -2.17. The zero-order valence-corrected chi connectivity index (χ0v) is 20.0. The SMILES string of the molecule is CN1/C(=C2/S/C(=N\c3cccc4cnccc34)N(Cc3ccccc3)C2=O)Sc2ccccc21. The smallest absolute Gasteiger partial charge is 0.269 e. The van der Waals surface area contributed by atoms with Crippen LogP contribution in [0.2, 0.25) is 0 Å². The summed E-state index contributed by atoms with van der Waals surface area (Å²) in [6, 6.07) is 26.2. The predicted molar refractivity (Wildman–Crippen MR) is 141 cm³/mol. The van der Waals surface area contributed by atoms with Crippen molar-refractivity contribution in [2.75, 3.05) is 11.9 Å². The van der Waals surface area contributed by atoms with Crippen molar-refractivity contribution in [3.05, 3.63) is 107 Å². The fourth-order valence-electron chi connectivity index (χ4n) is 4.13. The monoisotopic (exact) mass is 480 g/mol. The molecule has 3 aromatic carbocycles. The first-order valence-electron chi connectivity index (χ1n) is 10.9. The van der Waals surface area contributed by atoms with Crippen LogP contribution in [0.25, 0.3) is 10.8 Å². The number of aliphatic imine (C=N–C) groups is 1. The van der Waals surface area contributed by atoms with Gasteiger partial charge in [0.1, 0.15) is 4.91 Å². The van der Waals surface area contributed by atoms with Gasteiger partial charge in [-0.1, -0.05) is 66.4 Å². The van der Waals surface area contributed by atoms with Crippen LogP contribution in [0.15, 0.2) is 111 Å². The summed E-state index contributed by atoms with van der Waals surface area (Å²) in [6.45, 7) is 0.468. The van der Waals surface area contributed by atoms with E-state index in [1.165, 1.54) is 11.8 Å². The summed E-state index contributed by atoms with van der Waals surface area (Å²) in [6.07, 6.45) is 3.61. The Morgan fingerprint density at radius 2 is 1.74 bits per heavy atom. The van der Waals surface area contributed by atoms with E-state index >= 15 is 0 Å². The number of pyridine rings is 1. The second-order valence-electron chi connectivity index (χ2n) is 8.01. The Hall–Kier alpha value is -3.55. The summed E-state index contributed by atoms with van der Waals surface area (Å²) in [4.78, 5) is 28.8. The van der Waals surface area contributed by atoms with Gasteiger partial charge >= 0.3 is 0 Å². The summed E-state index contributed by atoms with van der Waals surface area (Å²) < 4.78 is 0. The number of hydrogen-bond acceptors (Lipinski definition) is 6. The normalized spacial score (nSPS) is 18.9. The van der Waals surface area contributed by atoms with E-state index in [1.54, 1.807) is 22.9 Å². The molecule has 34 heavy (non-hydrogen) atoms. The minimum atomic E-state index is -0.0170. The topological polar surface area (TPSA) is 48.8 Å². The molecule has 0 radical (unpaired) electrons. The van der Waals surface area contributed by atoms with Crippen LogP contribution in [-0.4, -0.2) is 28.0 Å². The number of amidine groups is 1. The first-order valence-corrected chi connectivity index (χ1v) is 12.5. The first-order chi connectivity index (χ1) is 16.7. The highest BCUT2D eigenvalue weighted by atomic mass is 32.2. The Kier molecular flexibility index (Phi) is 5.36. The molecule has 6 rings (SSSR count). The lowest BCUT2D eigenvalue weighted by molar-refractivity contribution is -0.122. The Balaban J connectivity index is 1.45. The molecule has 1 amide bonds. The third kappa shape index (κ3) is 3.67. The van der Waals surface area contributed by atoms with Gasteiger partial charge < -0.3 is 4.90 Å². The zero-order chi connectivity index (χ0) is 23.1. The van der Waals surface area contributed by atoms with Gasteiger partial charge in [0, 0.05) is 35.1 Å². The molecule has 1 fully saturated rings. The lowest BCUT2D eigenvalue weighted by Crippen LogP contribution is -2.29. The van der Waals surface area contributed by atoms with Gasteiger partial charge in [-0.15, -0.1) is 0 Å². The van der Waals surface area contributed by atoms with Gasteiger partial charge in [0.2, 0.25) is 0 Å². The van der Waals surface area contributed by atoms with Crippen molar-refractivity contribution in [1.82, 2.24) is 9.88 Å². The fourth-order valence-corrected chi connectivity index (χ4v) is 6.47. The molecule has 0 N–H and O–H groups in total. The van der Waals surface area contributed by atoms with Gasteiger partial charge in [-0.2, -0.15) is 0 Å². The molecule has 166 valence electrons. The number of thioether (sulfide) groups is 2. The van der Waals surface area contributed by atoms with Crippen LogP contribution < -0.4 is 4.90 Å². The van der Waals surface area contributed by atoms with Crippen molar-refractivity contribution in [3.63, 3.8) is 0 Å². The van der Waals surface area contributed by atoms with Crippen molar-refractivity contribution in [2.45, 2.75) is 11.4 Å². The Bertz CT molecular complexity index is 1480. The molecule has 4 aromatic rings. The van der Waals surface area contributed by atoms with Crippen LogP contribution in [0.5, 0.6) is 0 Å². The average Bonchev–Trinajstić information content (AvgIpc) is 3.36. The van der Waals surface area contributed by atoms with Crippen LogP contribution in [0.4, 0.5) is 11.4 Å². The molecular weight excluding hydrogens is 460 g/mol. The van der Waals surface area contributed by atoms with Crippen molar-refractivity contribution in [1.29, 1.82) is 0 Å². The standard InChI is InChI=1S/C27H20N4OS2/c1-30-22-12-5-6-13-23(22)33-26(30)24-25(32)31(17-18-8-3-2-4-9-18)27(34-24)29-21-11-7-10-19-16-28-15-14-20(19)21/h2-16H,17H2,1H3/b26-24-,29-27-. The number of aromatic nitrogens is 1. The van der Waals surface area contributed by atoms with Crippen molar-refractivity contribution < 1.29 is 4.79 Å². The highest BCUT2D eigenvalue weighted by Crippen LogP contribution is 2.50. The van der Waals surface area contributed by atoms with E-state index in [0.717, 1.165) is 37.6 Å². The van der Waals surface area contributed by atoms with Crippen LogP contribution in [0, 0.1) is 0 Å². The Labute approximate surface area is 206 Å². The molecule has 5 nitrogen and oxygen atoms in total. The third-order valence-corrected chi connectivity index (χ3v) is 8.29. The lowest BCUT2D eigenvalue weighted by atomic mass is 10.1. The molecule has 1 saturated heterocycles. The maximum absolute atomic E-state index is 13.8. The van der Waals surface area contributed by atoms with Crippen molar-refractivity contribution in [2.24, 2.45) is 4.99 Å². The molecule has 2 aliphatic heterocycles. The van der Waals surface area contributed by atoms with E-state index in [4.69, 9.17) is 4.99 Å². The number of carbonyl (C=O) groups is 1. The first kappa shape index (κ1) is 21.0. The molecule has 0 atom stereocenters. The molecule has 3 heterocycles. The van der Waals surface area contributed by atoms with E-state index < -0.39 is 0 Å². The van der Waals surface area contributed by atoms with Crippen LogP contribution >= 0.6 is 23.5 Å². The zero-order valence-electron chi connectivity index (χ0n) is 18.4. The highest BCUT2D eigenvalue weighted by molar-refractivity contribution is 8.19. The average molecular weight is 481 g/mol. The number of benzene rings is 3. The molecule has 1 aromatic heterocycles. The van der Waals surface area contributed by atoms with Crippen LogP contribution in [0.3, 0.4) is 0 Å². The van der Waals surface area contributed by atoms with Gasteiger partial charge in [-0.25, -0.2) is 4.99 Å². The quantitative estimate of drug-likeness (QED) is 0.317. The van der Waals surface area contributed by atoms with Crippen LogP contribution in [-0.2, 0) is 11.3 Å². The second-order valence-corrected chi connectivity index (χ2v) is 10.0. The molecule has 7 heteroatoms. The predicted octanol–water partition coefficient (Wildman–Crippen LogP) is 6.41. The number of fused-ring (bicyclic) bond motifs is 2. The van der Waals surface area contributed by atoms with Gasteiger partial charge in [0.15, 0.2) is 5.17 Å². The summed E-state index contributed by atoms with van der Waals surface area (Å²) >= 11 is 3.09. The van der Waals surface area contributed by atoms with E-state index in [9.17, 15) is 4.79 Å². The van der Waals surface area contributed by atoms with Crippen molar-refractivity contribution >= 4 is 56.7 Å². The number of nitrogens with zero attached hydrogens (tertiary/aromatic N) is 4. The molecule has 2 aliphatic rings. The van der Waals surface area contributed by atoms with E-state index in [0.29, 0.717) is 16.6 Å². The molecule has 0 bridgehead atoms. The summed E-state index contributed by atoms with van der Waals surface area (Å²) in [7, 11) is 2.02. The molecule has 0 spiro atoms. The fraction of sp³-hybridized carbons (Fsp3) is 0.0741. The molecule has 0 unspecified atom stereocenters. The maximum Gasteiger partial charge on any atom is 0.269 e. The largest absolute Gasteiger partial charge is 0.337 e. The van der Waals surface area contributed by atoms with Crippen LogP contribution in [0.1, 0.15) is 5.56 Å². The highest BCUT2D eigenvalue weighted by Gasteiger charge is 2.39. The summed E-state index contributed by atoms with van der Waals surface area (Å²) in [5, 5.41) is 3.67. The Morgan fingerprint density at radius 3 is 2.59 bits per heavy atom. The molecule has 0 saturated carbocycles. The van der Waals surface area contributed by atoms with Gasteiger partial charge in [0.25, 0.3) is 5.91 Å². The van der Waals surface area contributed by atoms with E-state index in [1.807, 2.05) is 80.0 Å². The minimum Gasteiger partial charge on any atom is -0.337 e. The second kappa shape index (κ2) is 8.66. The van der Waals surface area contributed by atoms with Gasteiger partial charge in [0.05, 0.1) is 22.9 Å². The van der Waals surface area contributed by atoms with E-state index in [2.05, 4.69) is 22.0 Å². The molecular formula is C27H20N4OS2. The Morgan fingerprint density at radius 1 is 0.912 bits per heavy atom. The molecule has 0 aliphatic carbocycles. The summed E-state index contributed by atoms with van der Waals surface area (Å²) in [5.74, 6) is -0.0170. The number of anilines is 1. The van der Waals surface area contributed by atoms with E-state index in [-0.39, 0.29) is 5.91 Å². The van der Waals surface area contributed by atoms with Crippen molar-refractivity contribution in [3.8, 4) is 0 Å². The maximum atomic E-state index is 13.8. The van der Waals surface area contributed by atoms with Gasteiger partial charge in [-0.3, -0.25) is 14.7 Å². The number of para-hydroxylation sites is 1. The number of amides is 1. The third-order valence-electron chi connectivity index (χ3n) is 5.85. The number of hydrogen-bond donors (Lipinski definition) is 0. The minimum absolute atomic E-state index is 0.0170. The van der Waals surface area contributed by atoms with Gasteiger partial charge in [-0.05, 0) is 41.6 Å². The number of rotatable bonds is 3. The summed E-state index contributed by atoms with van der Waals surface area (Å²) in [5.41, 5.74) is 3.01.